The average Bonchev–Trinajstić information content (AvgIpc) is 3.38. The van der Waals surface area contributed by atoms with Gasteiger partial charge < -0.3 is 30.7 Å². The molecule has 2 saturated heterocycles. The van der Waals surface area contributed by atoms with E-state index in [1.54, 1.807) is 56.7 Å². The fraction of sp³-hybridized carbons (Fsp3) is 0.382. The Labute approximate surface area is 455 Å². The number of alkyl halides is 1. The number of anilines is 5. The van der Waals surface area contributed by atoms with Gasteiger partial charge in [-0.25, -0.2) is 28.7 Å². The highest BCUT2D eigenvalue weighted by molar-refractivity contribution is 9.09. The number of hydrogen-bond donors (Lipinski definition) is 4. The number of ether oxygens (including phenoxy) is 2. The summed E-state index contributed by atoms with van der Waals surface area (Å²) in [7, 11) is 3.09. The topological polar surface area (TPSA) is 156 Å². The van der Waals surface area contributed by atoms with E-state index in [1.165, 1.54) is 120 Å². The lowest BCUT2D eigenvalue weighted by atomic mass is 9.69. The Balaban J connectivity index is 0.000000186. The lowest BCUT2D eigenvalue weighted by Gasteiger charge is -2.52. The number of benzene rings is 4. The van der Waals surface area contributed by atoms with Crippen LogP contribution in [0.25, 0.3) is 21.8 Å². The smallest absolute Gasteiger partial charge is 0.248 e. The van der Waals surface area contributed by atoms with Crippen LogP contribution in [0.3, 0.4) is 0 Å². The lowest BCUT2D eigenvalue weighted by Crippen LogP contribution is -2.56. The second-order valence-corrected chi connectivity index (χ2v) is 20.7. The molecule has 19 heteroatoms. The molecule has 4 aliphatic rings. The van der Waals surface area contributed by atoms with Gasteiger partial charge in [-0.15, -0.1) is 12.4 Å². The van der Waals surface area contributed by atoms with E-state index in [4.69, 9.17) is 32.7 Å². The number of halogens is 6. The molecule has 4 heterocycles. The van der Waals surface area contributed by atoms with Crippen molar-refractivity contribution in [1.82, 2.24) is 30.2 Å². The number of ketones is 1. The number of rotatable bonds is 14. The maximum atomic E-state index is 13.5. The van der Waals surface area contributed by atoms with Gasteiger partial charge in [-0.1, -0.05) is 89.8 Å². The van der Waals surface area contributed by atoms with Gasteiger partial charge in [0.05, 0.1) is 41.0 Å². The molecule has 2 aliphatic heterocycles. The molecule has 6 aromatic rings. The summed E-state index contributed by atoms with van der Waals surface area (Å²) in [5.41, 5.74) is 4.97. The minimum atomic E-state index is -0.500. The van der Waals surface area contributed by atoms with E-state index in [2.05, 4.69) is 62.0 Å². The van der Waals surface area contributed by atoms with Crippen molar-refractivity contribution in [2.75, 3.05) is 68.2 Å². The third kappa shape index (κ3) is 14.5. The first kappa shape index (κ1) is 56.2. The minimum Gasteiger partial charge on any atom is -0.496 e. The zero-order valence-corrected chi connectivity index (χ0v) is 45.3. The Kier molecular flexibility index (Phi) is 20.0. The average molecular weight is 1140 g/mol. The van der Waals surface area contributed by atoms with Gasteiger partial charge in [-0.2, -0.15) is 0 Å². The van der Waals surface area contributed by atoms with Crippen molar-refractivity contribution in [2.24, 2.45) is 10.8 Å². The van der Waals surface area contributed by atoms with Gasteiger partial charge in [0.1, 0.15) is 47.4 Å². The molecule has 0 atom stereocenters. The van der Waals surface area contributed by atoms with Gasteiger partial charge in [-0.05, 0) is 91.1 Å². The molecule has 2 aromatic heterocycles. The highest BCUT2D eigenvalue weighted by Crippen LogP contribution is 2.44. The van der Waals surface area contributed by atoms with Crippen LogP contribution in [0.5, 0.6) is 11.5 Å². The van der Waals surface area contributed by atoms with Crippen molar-refractivity contribution in [3.8, 4) is 11.5 Å². The Morgan fingerprint density at radius 2 is 1.26 bits per heavy atom. The number of carbonyl (C=O) groups is 2. The van der Waals surface area contributed by atoms with Crippen molar-refractivity contribution in [2.45, 2.75) is 70.6 Å². The van der Waals surface area contributed by atoms with Gasteiger partial charge in [0, 0.05) is 90.4 Å². The van der Waals surface area contributed by atoms with Crippen molar-refractivity contribution in [1.29, 1.82) is 0 Å². The number of amides is 1. The standard InChI is InChI=1S/C27H29ClFN5O2.C20H16BrClFN3O2.C8H15N.ClH/c1-36-24-14-22-19(26(31-17-30-22)32-18-7-8-21(29)20(28)12-18)13-23(24)33-25(35)6-5-11-34-15-27(16-34)9-3-2-4-10-27;1-28-19-10-18-15(8-12(19)7-14(27)3-2-6-21)20(25-11-24-18)26-13-4-5-17(23)16(22)9-13;1-2-4-8(5-3-1)6-9-7-8;/h5-8,12-14,17H,2-4,9-11,15-16H2,1H3,(H,33,35)(H,30,31,32);2-5,8-11H,6-7H2,1H3,(H,24,25,26);9H,1-7H2;1H/b6-5+;3-2+;;. The van der Waals surface area contributed by atoms with E-state index >= 15 is 0 Å². The van der Waals surface area contributed by atoms with Gasteiger partial charge in [-0.3, -0.25) is 14.5 Å². The van der Waals surface area contributed by atoms with E-state index in [9.17, 15) is 18.4 Å². The predicted octanol–water partition coefficient (Wildman–Crippen LogP) is 13.1. The molecule has 2 saturated carbocycles. The molecule has 13 nitrogen and oxygen atoms in total. The lowest BCUT2D eigenvalue weighted by molar-refractivity contribution is -0.114. The summed E-state index contributed by atoms with van der Waals surface area (Å²) in [5, 5.41) is 14.5. The summed E-state index contributed by atoms with van der Waals surface area (Å²) in [6.45, 7) is 5.66. The van der Waals surface area contributed by atoms with Crippen LogP contribution in [0.4, 0.5) is 37.5 Å². The maximum Gasteiger partial charge on any atom is 0.248 e. The van der Waals surface area contributed by atoms with Gasteiger partial charge in [0.2, 0.25) is 5.91 Å². The van der Waals surface area contributed by atoms with Crippen LogP contribution in [0, 0.1) is 22.5 Å². The predicted molar refractivity (Wildman–Crippen MR) is 299 cm³/mol. The Morgan fingerprint density at radius 1 is 0.716 bits per heavy atom. The van der Waals surface area contributed by atoms with Crippen LogP contribution >= 0.6 is 51.5 Å². The summed E-state index contributed by atoms with van der Waals surface area (Å²) in [5.74, 6) is 0.780. The van der Waals surface area contributed by atoms with Crippen LogP contribution in [-0.4, -0.2) is 88.8 Å². The monoisotopic (exact) mass is 1130 g/mol. The summed E-state index contributed by atoms with van der Waals surface area (Å²) in [4.78, 5) is 44.4. The van der Waals surface area contributed by atoms with Crippen LogP contribution < -0.4 is 30.7 Å². The number of hydrogen-bond acceptors (Lipinski definition) is 12. The van der Waals surface area contributed by atoms with E-state index in [0.717, 1.165) is 25.0 Å². The van der Waals surface area contributed by atoms with E-state index in [1.807, 2.05) is 12.1 Å². The van der Waals surface area contributed by atoms with Crippen molar-refractivity contribution in [3.05, 3.63) is 125 Å². The number of carbonyl (C=O) groups excluding carboxylic acids is 2. The fourth-order valence-corrected chi connectivity index (χ4v) is 10.7. The summed E-state index contributed by atoms with van der Waals surface area (Å²) < 4.78 is 37.8. The van der Waals surface area contributed by atoms with Gasteiger partial charge in [0.15, 0.2) is 5.78 Å². The normalized spacial score (nSPS) is 16.5. The Bertz CT molecular complexity index is 2980. The molecule has 392 valence electrons. The number of likely N-dealkylation sites (tertiary alicyclic amines) is 1. The first-order valence-corrected chi connectivity index (χ1v) is 26.5. The summed E-state index contributed by atoms with van der Waals surface area (Å²) in [6.07, 6.45) is 24.0. The van der Waals surface area contributed by atoms with Crippen LogP contribution in [0.2, 0.25) is 10.0 Å². The number of nitrogens with one attached hydrogen (secondary N) is 4. The molecule has 4 fully saturated rings. The van der Waals surface area contributed by atoms with Crippen molar-refractivity contribution < 1.29 is 27.8 Å². The SMILES string of the molecule is C1CCC2(CC1)CNC2.COc1cc2ncnc(Nc3ccc(F)c(Cl)c3)c2cc1CC(=O)/C=C/CBr.COc1cc2ncnc(Nc3ccc(F)c(Cl)c3)c2cc1NC(=O)/C=C/CN1CC2(CCCCC2)C1.Cl. The minimum absolute atomic E-state index is 0. The first-order valence-electron chi connectivity index (χ1n) is 24.6. The third-order valence-electron chi connectivity index (χ3n) is 14.0. The Hall–Kier alpha value is -5.49. The zero-order valence-electron chi connectivity index (χ0n) is 41.4. The van der Waals surface area contributed by atoms with Crippen molar-refractivity contribution in [3.63, 3.8) is 0 Å². The second-order valence-electron chi connectivity index (χ2n) is 19.2. The largest absolute Gasteiger partial charge is 0.496 e. The second kappa shape index (κ2) is 26.3. The number of nitrogens with zero attached hydrogens (tertiary/aromatic N) is 5. The molecule has 0 bridgehead atoms. The quantitative estimate of drug-likeness (QED) is 0.0606. The van der Waals surface area contributed by atoms with E-state index < -0.39 is 11.6 Å². The highest BCUT2D eigenvalue weighted by Gasteiger charge is 2.42. The molecule has 4 aromatic carbocycles. The Morgan fingerprint density at radius 3 is 1.76 bits per heavy atom. The summed E-state index contributed by atoms with van der Waals surface area (Å²) >= 11 is 15.0. The fourth-order valence-electron chi connectivity index (χ4n) is 10.1. The maximum absolute atomic E-state index is 13.5. The molecule has 10 rings (SSSR count). The number of allylic oxidation sites excluding steroid dienone is 2. The van der Waals surface area contributed by atoms with Crippen LogP contribution in [-0.2, 0) is 16.0 Å². The third-order valence-corrected chi connectivity index (χ3v) is 14.9. The van der Waals surface area contributed by atoms with E-state index in [0.29, 0.717) is 78.3 Å². The summed E-state index contributed by atoms with van der Waals surface area (Å²) in [6, 6.07) is 15.7. The van der Waals surface area contributed by atoms with Gasteiger partial charge in [0.25, 0.3) is 0 Å². The van der Waals surface area contributed by atoms with Crippen molar-refractivity contribution >= 4 is 114 Å². The van der Waals surface area contributed by atoms with Crippen LogP contribution in [0.1, 0.15) is 69.8 Å². The molecule has 2 aliphatic carbocycles. The van der Waals surface area contributed by atoms with Gasteiger partial charge >= 0.3 is 0 Å². The molecule has 74 heavy (non-hydrogen) atoms. The zero-order chi connectivity index (χ0) is 51.4. The molecule has 4 N–H and O–H groups in total. The number of methoxy groups -OCH3 is 2. The van der Waals surface area contributed by atoms with Crippen LogP contribution in [0.15, 0.2) is 97.6 Å². The molecule has 0 unspecified atom stereocenters. The number of aromatic nitrogens is 4. The molecular formula is C55H61BrCl3F2N9O4. The molecule has 0 radical (unpaired) electrons. The number of fused-ring (bicyclic) bond motifs is 2. The molecular weight excluding hydrogens is 1070 g/mol. The highest BCUT2D eigenvalue weighted by atomic mass is 79.9. The first-order chi connectivity index (χ1) is 35.4. The molecule has 1 amide bonds. The molecule has 2 spiro atoms. The van der Waals surface area contributed by atoms with E-state index in [-0.39, 0.29) is 40.6 Å².